The van der Waals surface area contributed by atoms with Gasteiger partial charge in [-0.15, -0.1) is 6.58 Å². The maximum atomic E-state index is 11.4. The molecule has 1 aliphatic heterocycles. The summed E-state index contributed by atoms with van der Waals surface area (Å²) in [6.45, 7) is 13.0. The van der Waals surface area contributed by atoms with Gasteiger partial charge in [0.05, 0.1) is 0 Å². The summed E-state index contributed by atoms with van der Waals surface area (Å²) in [7, 11) is 0. The highest BCUT2D eigenvalue weighted by Gasteiger charge is 2.38. The summed E-state index contributed by atoms with van der Waals surface area (Å²) in [4.78, 5) is 5.53. The summed E-state index contributed by atoms with van der Waals surface area (Å²) in [6.07, 6.45) is 3.15. The largest absolute Gasteiger partial charge is 0.600 e. The summed E-state index contributed by atoms with van der Waals surface area (Å²) in [5, 5.41) is 11.3. The first-order valence-electron chi connectivity index (χ1n) is 6.14. The lowest BCUT2D eigenvalue weighted by Crippen LogP contribution is -3.08. The van der Waals surface area contributed by atoms with Crippen molar-refractivity contribution < 1.29 is 10.1 Å². The van der Waals surface area contributed by atoms with Gasteiger partial charge >= 0.3 is 0 Å². The minimum Gasteiger partial charge on any atom is -0.600 e. The molecule has 1 fully saturated rings. The molecule has 0 aromatic rings. The van der Waals surface area contributed by atoms with Crippen LogP contribution in [0.4, 0.5) is 0 Å². The van der Waals surface area contributed by atoms with Gasteiger partial charge in [-0.05, 0) is 31.1 Å². The van der Waals surface area contributed by atoms with E-state index >= 15 is 0 Å². The Labute approximate surface area is 99.0 Å². The first kappa shape index (κ1) is 13.7. The predicted octanol–water partition coefficient (Wildman–Crippen LogP) is 2.09. The third-order valence-corrected chi connectivity index (χ3v) is 3.20. The van der Waals surface area contributed by atoms with Gasteiger partial charge in [0.15, 0.2) is 0 Å². The Balaban J connectivity index is 2.61. The van der Waals surface area contributed by atoms with Crippen molar-refractivity contribution in [2.45, 2.75) is 53.1 Å². The van der Waals surface area contributed by atoms with Crippen LogP contribution in [0.5, 0.6) is 0 Å². The average molecular weight is 227 g/mol. The second-order valence-electron chi connectivity index (χ2n) is 6.07. The quantitative estimate of drug-likeness (QED) is 0.592. The first-order chi connectivity index (χ1) is 7.30. The van der Waals surface area contributed by atoms with Gasteiger partial charge in [0, 0.05) is 6.42 Å². The van der Waals surface area contributed by atoms with Gasteiger partial charge in [0.2, 0.25) is 0 Å². The highest BCUT2D eigenvalue weighted by molar-refractivity contribution is 4.91. The van der Waals surface area contributed by atoms with Crippen molar-refractivity contribution in [3.63, 3.8) is 0 Å². The lowest BCUT2D eigenvalue weighted by molar-refractivity contribution is -1.07. The topological polar surface area (TPSA) is 36.7 Å². The van der Waals surface area contributed by atoms with E-state index in [1.54, 1.807) is 0 Å². The van der Waals surface area contributed by atoms with Gasteiger partial charge in [-0.2, -0.15) is 0 Å². The third kappa shape index (κ3) is 3.89. The summed E-state index contributed by atoms with van der Waals surface area (Å²) >= 11 is 0. The summed E-state index contributed by atoms with van der Waals surface area (Å²) in [5.41, 5.74) is 1.25. The zero-order valence-corrected chi connectivity index (χ0v) is 11.0. The molecule has 0 radical (unpaired) electrons. The second-order valence-corrected chi connectivity index (χ2v) is 6.07. The van der Waals surface area contributed by atoms with Crippen LogP contribution in [0.3, 0.4) is 0 Å². The van der Waals surface area contributed by atoms with Crippen molar-refractivity contribution >= 4 is 0 Å². The summed E-state index contributed by atoms with van der Waals surface area (Å²) in [5.74, 6) is 0.495. The molecule has 1 aliphatic rings. The Kier molecular flexibility index (Phi) is 4.53. The number of hydrogen-bond acceptors (Lipinski definition) is 2. The molecular weight excluding hydrogens is 202 g/mol. The predicted molar refractivity (Wildman–Crippen MR) is 65.7 cm³/mol. The Bertz CT molecular complexity index is 245. The Morgan fingerprint density at radius 3 is 2.62 bits per heavy atom. The van der Waals surface area contributed by atoms with Crippen LogP contribution in [0.2, 0.25) is 0 Å². The van der Waals surface area contributed by atoms with Crippen molar-refractivity contribution in [3.8, 4) is 0 Å². The minimum absolute atomic E-state index is 0.0356. The van der Waals surface area contributed by atoms with E-state index in [0.717, 1.165) is 19.3 Å². The molecule has 0 spiro atoms. The van der Waals surface area contributed by atoms with Crippen LogP contribution < -0.4 is 5.23 Å². The molecule has 0 amide bonds. The molecule has 3 atom stereocenters. The lowest BCUT2D eigenvalue weighted by atomic mass is 9.77. The van der Waals surface area contributed by atoms with Gasteiger partial charge in [-0.1, -0.05) is 26.3 Å². The molecular formula is C13H25NO2. The molecule has 0 bridgehead atoms. The Morgan fingerprint density at radius 1 is 1.50 bits per heavy atom. The SMILES string of the molecule is C=C(C)CCC1CC[NH+]([O-])OC1C(C)(C)C. The molecule has 16 heavy (non-hydrogen) atoms. The maximum absolute atomic E-state index is 11.4. The molecule has 1 saturated heterocycles. The van der Waals surface area contributed by atoms with E-state index in [-0.39, 0.29) is 16.7 Å². The first-order valence-corrected chi connectivity index (χ1v) is 6.14. The van der Waals surface area contributed by atoms with E-state index in [1.165, 1.54) is 5.57 Å². The van der Waals surface area contributed by atoms with Gasteiger partial charge < -0.3 is 5.21 Å². The molecule has 0 saturated carbocycles. The fourth-order valence-corrected chi connectivity index (χ4v) is 2.36. The smallest absolute Gasteiger partial charge is 0.125 e. The summed E-state index contributed by atoms with van der Waals surface area (Å²) in [6, 6.07) is 0. The van der Waals surface area contributed by atoms with Gasteiger partial charge in [0.1, 0.15) is 12.6 Å². The average Bonchev–Trinajstić information content (AvgIpc) is 2.14. The molecule has 1 N–H and O–H groups in total. The molecule has 3 nitrogen and oxygen atoms in total. The number of nitrogens with one attached hydrogen (secondary N) is 1. The van der Waals surface area contributed by atoms with Crippen LogP contribution in [-0.2, 0) is 4.84 Å². The van der Waals surface area contributed by atoms with Crippen molar-refractivity contribution in [2.75, 3.05) is 6.54 Å². The highest BCUT2D eigenvalue weighted by atomic mass is 16.9. The Hall–Kier alpha value is -0.380. The van der Waals surface area contributed by atoms with Crippen molar-refractivity contribution in [3.05, 3.63) is 17.4 Å². The van der Waals surface area contributed by atoms with Gasteiger partial charge in [-0.3, -0.25) is 0 Å². The lowest BCUT2D eigenvalue weighted by Gasteiger charge is -2.42. The number of allylic oxidation sites excluding steroid dienone is 1. The molecule has 0 aromatic heterocycles. The van der Waals surface area contributed by atoms with E-state index in [1.807, 2.05) is 0 Å². The number of rotatable bonds is 3. The van der Waals surface area contributed by atoms with Crippen LogP contribution in [0.15, 0.2) is 12.2 Å². The zero-order valence-electron chi connectivity index (χ0n) is 11.0. The monoisotopic (exact) mass is 227 g/mol. The van der Waals surface area contributed by atoms with E-state index in [9.17, 15) is 5.21 Å². The van der Waals surface area contributed by atoms with Gasteiger partial charge in [0.25, 0.3) is 0 Å². The zero-order chi connectivity index (χ0) is 12.3. The highest BCUT2D eigenvalue weighted by Crippen LogP contribution is 2.33. The van der Waals surface area contributed by atoms with E-state index < -0.39 is 0 Å². The number of quaternary nitrogens is 1. The number of hydrogen-bond donors (Lipinski definition) is 1. The van der Waals surface area contributed by atoms with Gasteiger partial charge in [-0.25, -0.2) is 10.1 Å². The molecule has 3 unspecified atom stereocenters. The molecule has 3 heteroatoms. The van der Waals surface area contributed by atoms with E-state index in [2.05, 4.69) is 34.3 Å². The molecule has 94 valence electrons. The van der Waals surface area contributed by atoms with Crippen molar-refractivity contribution in [1.29, 1.82) is 0 Å². The maximum Gasteiger partial charge on any atom is 0.125 e. The second kappa shape index (κ2) is 5.30. The Morgan fingerprint density at radius 2 is 2.12 bits per heavy atom. The normalized spacial score (nSPS) is 31.4. The fourth-order valence-electron chi connectivity index (χ4n) is 2.36. The van der Waals surface area contributed by atoms with Crippen LogP contribution in [-0.4, -0.2) is 12.6 Å². The van der Waals surface area contributed by atoms with Crippen molar-refractivity contribution in [2.24, 2.45) is 11.3 Å². The molecule has 1 heterocycles. The molecule has 0 aromatic carbocycles. The van der Waals surface area contributed by atoms with E-state index in [0.29, 0.717) is 12.5 Å². The molecule has 1 rings (SSSR count). The fraction of sp³-hybridized carbons (Fsp3) is 0.846. The van der Waals surface area contributed by atoms with Crippen LogP contribution >= 0.6 is 0 Å². The standard InChI is InChI=1S/C13H25NO2/c1-10(2)6-7-11-8-9-14(15)16-12(11)13(3,4)5/h11-12,14H,1,6-9H2,2-5H3. The molecule has 0 aliphatic carbocycles. The number of hydroxylamine groups is 2. The third-order valence-electron chi connectivity index (χ3n) is 3.20. The summed E-state index contributed by atoms with van der Waals surface area (Å²) < 4.78 is 0. The van der Waals surface area contributed by atoms with Crippen LogP contribution in [0, 0.1) is 16.5 Å². The van der Waals surface area contributed by atoms with Crippen molar-refractivity contribution in [1.82, 2.24) is 0 Å². The van der Waals surface area contributed by atoms with Crippen LogP contribution in [0.25, 0.3) is 0 Å². The van der Waals surface area contributed by atoms with E-state index in [4.69, 9.17) is 4.84 Å². The minimum atomic E-state index is -0.0356. The van der Waals surface area contributed by atoms with Crippen LogP contribution in [0.1, 0.15) is 47.0 Å².